The summed E-state index contributed by atoms with van der Waals surface area (Å²) >= 11 is 0. The molecule has 0 aromatic carbocycles. The molecule has 3 saturated heterocycles. The standard InChI is InChI=1S/2C7H11NO3S.C6H12NO.C6H8NO.Ni/c2*9-7-5-3-1-2-4-6(5)12(10,11)8-7;2*8-5-6-3-1-2-4-7-6;/h2*5-6H,1-4H2,(H,8,9);6,8H,1-5H2;1-3,8H,4-5H2;/q;;2*-1;+3/p-1. The molecule has 6 aliphatic rings. The third kappa shape index (κ3) is 10.3. The first kappa shape index (κ1) is 35.7. The number of hydrogen-bond donors (Lipinski definition) is 3. The molecule has 0 bridgehead atoms. The molecule has 6 rings (SSSR count). The van der Waals surface area contributed by atoms with Crippen molar-refractivity contribution in [2.24, 2.45) is 11.8 Å². The number of nitrogens with one attached hydrogen (secondary N) is 1. The average molecular weight is 660 g/mol. The maximum absolute atomic E-state index is 11.3. The number of carbonyl (C=O) groups excluding carboxylic acids is 2. The normalized spacial score (nSPS) is 32.0. The van der Waals surface area contributed by atoms with Crippen LogP contribution < -0.4 is 4.72 Å². The van der Waals surface area contributed by atoms with Crippen LogP contribution in [0.1, 0.15) is 70.6 Å². The minimum Gasteiger partial charge on any atom is -0.683 e. The number of aliphatic hydroxyl groups is 2. The molecule has 0 aromatic heterocycles. The van der Waals surface area contributed by atoms with Gasteiger partial charge in [0.2, 0.25) is 15.9 Å². The Hall–Kier alpha value is -1.51. The fourth-order valence-electron chi connectivity index (χ4n) is 5.63. The SMILES string of the molecule is O=C1NS(=O)(=O)C2CCCCC12.O=C1[N-]S(=O)(=O)C2CCCCC12.OCC1=CC=CC[N-]1.OCC1CCCC[N-]1.[Ni+3]. The molecule has 235 valence electrons. The van der Waals surface area contributed by atoms with Crippen molar-refractivity contribution in [3.05, 3.63) is 39.3 Å². The minimum atomic E-state index is -3.42. The predicted octanol–water partition coefficient (Wildman–Crippen LogP) is 2.50. The van der Waals surface area contributed by atoms with Crippen molar-refractivity contribution in [2.75, 3.05) is 26.3 Å². The van der Waals surface area contributed by atoms with Crippen LogP contribution in [-0.4, -0.2) is 81.7 Å². The molecule has 5 fully saturated rings. The van der Waals surface area contributed by atoms with Gasteiger partial charge in [-0.3, -0.25) is 9.52 Å². The molecule has 2 aliphatic carbocycles. The summed E-state index contributed by atoms with van der Waals surface area (Å²) in [5.41, 5.74) is 0.771. The molecule has 15 heteroatoms. The van der Waals surface area contributed by atoms with Gasteiger partial charge in [-0.15, -0.1) is 30.9 Å². The molecule has 5 atom stereocenters. The molecule has 3 N–H and O–H groups in total. The van der Waals surface area contributed by atoms with E-state index in [-0.39, 0.29) is 53.5 Å². The molecular weight excluding hydrogens is 619 g/mol. The Morgan fingerprint density at radius 1 is 0.854 bits per heavy atom. The van der Waals surface area contributed by atoms with Crippen molar-refractivity contribution >= 4 is 31.9 Å². The van der Waals surface area contributed by atoms with Crippen molar-refractivity contribution in [1.29, 1.82) is 0 Å². The van der Waals surface area contributed by atoms with E-state index in [0.717, 1.165) is 50.8 Å². The van der Waals surface area contributed by atoms with Gasteiger partial charge in [-0.1, -0.05) is 57.1 Å². The van der Waals surface area contributed by atoms with Crippen molar-refractivity contribution in [2.45, 2.75) is 87.2 Å². The summed E-state index contributed by atoms with van der Waals surface area (Å²) in [6.45, 7) is 1.99. The molecule has 0 spiro atoms. The molecule has 4 heterocycles. The zero-order valence-electron chi connectivity index (χ0n) is 23.0. The van der Waals surface area contributed by atoms with Gasteiger partial charge in [0.1, 0.15) is 0 Å². The number of carbonyl (C=O) groups is 2. The molecule has 2 saturated carbocycles. The first-order valence-electron chi connectivity index (χ1n) is 14.1. The summed E-state index contributed by atoms with van der Waals surface area (Å²) in [7, 11) is -6.72. The quantitative estimate of drug-likeness (QED) is 0.376. The van der Waals surface area contributed by atoms with Crippen molar-refractivity contribution in [3.8, 4) is 0 Å². The second-order valence-electron chi connectivity index (χ2n) is 10.6. The van der Waals surface area contributed by atoms with Gasteiger partial charge in [-0.25, -0.2) is 16.8 Å². The Balaban J connectivity index is 0.000000193. The van der Waals surface area contributed by atoms with E-state index in [1.54, 1.807) is 0 Å². The molecule has 2 amide bonds. The fourth-order valence-corrected chi connectivity index (χ4v) is 9.03. The Morgan fingerprint density at radius 2 is 1.49 bits per heavy atom. The van der Waals surface area contributed by atoms with E-state index >= 15 is 0 Å². The second kappa shape index (κ2) is 17.0. The zero-order valence-corrected chi connectivity index (χ0v) is 25.7. The van der Waals surface area contributed by atoms with Crippen LogP contribution >= 0.6 is 0 Å². The van der Waals surface area contributed by atoms with Crippen molar-refractivity contribution in [3.63, 3.8) is 0 Å². The molecule has 4 aliphatic heterocycles. The summed E-state index contributed by atoms with van der Waals surface area (Å²) in [5, 5.41) is 24.3. The van der Waals surface area contributed by atoms with Crippen LogP contribution in [0.3, 0.4) is 0 Å². The van der Waals surface area contributed by atoms with E-state index in [2.05, 4.69) is 20.1 Å². The topological polar surface area (TPSA) is 197 Å². The Labute approximate surface area is 253 Å². The largest absolute Gasteiger partial charge is 3.00 e. The third-order valence-corrected chi connectivity index (χ3v) is 11.4. The second-order valence-corrected chi connectivity index (χ2v) is 14.4. The van der Waals surface area contributed by atoms with Gasteiger partial charge in [-0.05, 0) is 25.7 Å². The number of rotatable bonds is 2. The maximum atomic E-state index is 11.3. The van der Waals surface area contributed by atoms with Gasteiger partial charge < -0.3 is 30.4 Å². The van der Waals surface area contributed by atoms with Crippen molar-refractivity contribution < 1.29 is 53.1 Å². The van der Waals surface area contributed by atoms with Crippen LogP contribution in [0.15, 0.2) is 23.9 Å². The molecule has 12 nitrogen and oxygen atoms in total. The molecule has 0 aromatic rings. The number of nitrogens with zero attached hydrogens (tertiary/aromatic N) is 3. The maximum Gasteiger partial charge on any atom is 3.00 e. The zero-order chi connectivity index (χ0) is 29.2. The Morgan fingerprint density at radius 3 is 1.98 bits per heavy atom. The fraction of sp³-hybridized carbons (Fsp3) is 0.769. The average Bonchev–Trinajstić information content (AvgIpc) is 3.36. The van der Waals surface area contributed by atoms with Crippen LogP contribution in [0.4, 0.5) is 0 Å². The number of piperidine rings is 1. The van der Waals surface area contributed by atoms with Gasteiger partial charge in [0.15, 0.2) is 0 Å². The Kier molecular flexibility index (Phi) is 14.8. The monoisotopic (exact) mass is 659 g/mol. The van der Waals surface area contributed by atoms with E-state index in [9.17, 15) is 26.4 Å². The number of fused-ring (bicyclic) bond motifs is 2. The molecule has 5 unspecified atom stereocenters. The Bertz CT molecular complexity index is 1080. The summed E-state index contributed by atoms with van der Waals surface area (Å²) in [4.78, 5) is 22.2. The van der Waals surface area contributed by atoms with Gasteiger partial charge in [0, 0.05) is 19.1 Å². The predicted molar refractivity (Wildman–Crippen MR) is 151 cm³/mol. The molecule has 41 heavy (non-hydrogen) atoms. The summed E-state index contributed by atoms with van der Waals surface area (Å²) < 4.78 is 50.3. The minimum absolute atomic E-state index is 0. The first-order chi connectivity index (χ1) is 19.1. The number of sulfonamides is 2. The van der Waals surface area contributed by atoms with E-state index in [0.29, 0.717) is 25.8 Å². The van der Waals surface area contributed by atoms with Crippen LogP contribution in [0, 0.1) is 11.8 Å². The first-order valence-corrected chi connectivity index (χ1v) is 17.1. The molecular formula is C26H41N4NiO8S2. The third-order valence-electron chi connectivity index (χ3n) is 7.83. The van der Waals surface area contributed by atoms with Crippen molar-refractivity contribution in [1.82, 2.24) is 4.72 Å². The van der Waals surface area contributed by atoms with E-state index in [1.807, 2.05) is 18.2 Å². The van der Waals surface area contributed by atoms with Gasteiger partial charge in [0.25, 0.3) is 0 Å². The van der Waals surface area contributed by atoms with Crippen LogP contribution in [0.2, 0.25) is 0 Å². The van der Waals surface area contributed by atoms with Crippen LogP contribution in [0.25, 0.3) is 15.4 Å². The van der Waals surface area contributed by atoms with Gasteiger partial charge >= 0.3 is 16.5 Å². The smallest absolute Gasteiger partial charge is 0.683 e. The van der Waals surface area contributed by atoms with E-state index < -0.39 is 36.5 Å². The van der Waals surface area contributed by atoms with E-state index in [4.69, 9.17) is 10.2 Å². The summed E-state index contributed by atoms with van der Waals surface area (Å²) in [5.74, 6) is -1.29. The number of amides is 2. The summed E-state index contributed by atoms with van der Waals surface area (Å²) in [6, 6.07) is 0.267. The number of allylic oxidation sites excluding steroid dienone is 2. The van der Waals surface area contributed by atoms with Crippen LogP contribution in [-0.2, 0) is 46.1 Å². The van der Waals surface area contributed by atoms with Gasteiger partial charge in [0.05, 0.1) is 32.3 Å². The number of hydrogen-bond acceptors (Lipinski definition) is 8. The number of aliphatic hydroxyl groups excluding tert-OH is 2. The molecule has 1 radical (unpaired) electrons. The van der Waals surface area contributed by atoms with Gasteiger partial charge in [-0.2, -0.15) is 0 Å². The van der Waals surface area contributed by atoms with Crippen LogP contribution in [0.5, 0.6) is 0 Å². The summed E-state index contributed by atoms with van der Waals surface area (Å²) in [6.07, 6.45) is 15.7. The van der Waals surface area contributed by atoms with E-state index in [1.165, 1.54) is 12.8 Å².